The van der Waals surface area contributed by atoms with Gasteiger partial charge in [-0.15, -0.1) is 0 Å². The van der Waals surface area contributed by atoms with Crippen LogP contribution in [0, 0.1) is 13.8 Å². The lowest BCUT2D eigenvalue weighted by molar-refractivity contribution is -0.132. The molecule has 0 heterocycles. The first kappa shape index (κ1) is 19.2. The van der Waals surface area contributed by atoms with Crippen molar-refractivity contribution in [2.75, 3.05) is 14.2 Å². The first-order valence-electron chi connectivity index (χ1n) is 8.07. The van der Waals surface area contributed by atoms with Gasteiger partial charge in [-0.2, -0.15) is 0 Å². The van der Waals surface area contributed by atoms with Crippen molar-refractivity contribution in [3.05, 3.63) is 70.3 Å². The largest absolute Gasteiger partial charge is 0.464 e. The van der Waals surface area contributed by atoms with Gasteiger partial charge in [0.1, 0.15) is 13.7 Å². The van der Waals surface area contributed by atoms with Crippen molar-refractivity contribution in [1.29, 1.82) is 0 Å². The predicted octanol–water partition coefficient (Wildman–Crippen LogP) is 3.38. The molecule has 6 heteroatoms. The molecule has 0 spiro atoms. The average Bonchev–Trinajstić information content (AvgIpc) is 2.64. The maximum atomic E-state index is 12.0. The summed E-state index contributed by atoms with van der Waals surface area (Å²) in [4.78, 5) is 22.2. The Hall–Kier alpha value is -3.15. The minimum atomic E-state index is -0.582. The highest BCUT2D eigenvalue weighted by atomic mass is 16.6. The quantitative estimate of drug-likeness (QED) is 0.434. The summed E-state index contributed by atoms with van der Waals surface area (Å²) in [6.45, 7) is 4.12. The molecule has 136 valence electrons. The monoisotopic (exact) mass is 354 g/mol. The molecular weight excluding hydrogens is 332 g/mol. The molecule has 0 fully saturated rings. The molecule has 2 rings (SSSR count). The zero-order valence-corrected chi connectivity index (χ0v) is 15.4. The van der Waals surface area contributed by atoms with E-state index < -0.39 is 5.97 Å². The summed E-state index contributed by atoms with van der Waals surface area (Å²) in [7, 11) is 2.67. The fourth-order valence-electron chi connectivity index (χ4n) is 2.45. The molecule has 0 aliphatic rings. The molecule has 6 nitrogen and oxygen atoms in total. The number of oxime groups is 2. The van der Waals surface area contributed by atoms with E-state index in [9.17, 15) is 4.79 Å². The van der Waals surface area contributed by atoms with Crippen LogP contribution in [0.1, 0.15) is 27.8 Å². The molecule has 0 unspecified atom stereocenters. The zero-order chi connectivity index (χ0) is 18.9. The Morgan fingerprint density at radius 3 is 2.58 bits per heavy atom. The van der Waals surface area contributed by atoms with Crippen molar-refractivity contribution in [3.63, 3.8) is 0 Å². The van der Waals surface area contributed by atoms with Gasteiger partial charge in [0.05, 0.1) is 13.3 Å². The number of methoxy groups -OCH3 is 1. The normalized spacial score (nSPS) is 11.5. The fourth-order valence-corrected chi connectivity index (χ4v) is 2.45. The molecule has 0 radical (unpaired) electrons. The Morgan fingerprint density at radius 1 is 1.12 bits per heavy atom. The van der Waals surface area contributed by atoms with Crippen LogP contribution in [0.5, 0.6) is 0 Å². The Bertz CT molecular complexity index is 828. The summed E-state index contributed by atoms with van der Waals surface area (Å²) >= 11 is 0. The van der Waals surface area contributed by atoms with E-state index >= 15 is 0 Å². The summed E-state index contributed by atoms with van der Waals surface area (Å²) in [6, 6.07) is 13.4. The number of carbonyl (C=O) groups excluding carboxylic acids is 1. The van der Waals surface area contributed by atoms with E-state index in [0.717, 1.165) is 22.3 Å². The van der Waals surface area contributed by atoms with E-state index in [4.69, 9.17) is 14.4 Å². The van der Waals surface area contributed by atoms with Gasteiger partial charge in [0.2, 0.25) is 0 Å². The van der Waals surface area contributed by atoms with Gasteiger partial charge >= 0.3 is 5.97 Å². The van der Waals surface area contributed by atoms with Crippen molar-refractivity contribution >= 4 is 17.9 Å². The molecule has 0 amide bonds. The zero-order valence-electron chi connectivity index (χ0n) is 15.4. The summed E-state index contributed by atoms with van der Waals surface area (Å²) in [5.41, 5.74) is 4.50. The number of esters is 1. The highest BCUT2D eigenvalue weighted by molar-refractivity contribution is 6.43. The van der Waals surface area contributed by atoms with Crippen LogP contribution < -0.4 is 0 Å². The fraction of sp³-hybridized carbons (Fsp3) is 0.250. The Balaban J connectivity index is 2.21. The molecule has 0 saturated carbocycles. The Labute approximate surface area is 153 Å². The van der Waals surface area contributed by atoms with Crippen molar-refractivity contribution in [1.82, 2.24) is 0 Å². The van der Waals surface area contributed by atoms with Gasteiger partial charge in [0, 0.05) is 11.1 Å². The van der Waals surface area contributed by atoms with Crippen molar-refractivity contribution < 1.29 is 19.2 Å². The summed E-state index contributed by atoms with van der Waals surface area (Å²) in [5, 5.41) is 7.82. The Morgan fingerprint density at radius 2 is 1.88 bits per heavy atom. The molecule has 0 saturated heterocycles. The predicted molar refractivity (Wildman–Crippen MR) is 100 cm³/mol. The molecule has 0 aromatic heterocycles. The smallest absolute Gasteiger partial charge is 0.360 e. The summed E-state index contributed by atoms with van der Waals surface area (Å²) in [6.07, 6.45) is 1.65. The van der Waals surface area contributed by atoms with Crippen molar-refractivity contribution in [2.45, 2.75) is 20.5 Å². The average molecular weight is 354 g/mol. The Kier molecular flexibility index (Phi) is 6.91. The highest BCUT2D eigenvalue weighted by Crippen LogP contribution is 2.18. The number of hydrogen-bond donors (Lipinski definition) is 0. The van der Waals surface area contributed by atoms with Gasteiger partial charge in [-0.25, -0.2) is 4.79 Å². The number of nitrogens with zero attached hydrogens (tertiary/aromatic N) is 2. The lowest BCUT2D eigenvalue weighted by atomic mass is 9.99. The van der Waals surface area contributed by atoms with Crippen molar-refractivity contribution in [2.24, 2.45) is 10.3 Å². The van der Waals surface area contributed by atoms with Crippen LogP contribution >= 0.6 is 0 Å². The second-order valence-corrected chi connectivity index (χ2v) is 5.64. The minimum absolute atomic E-state index is 0.0833. The molecule has 0 bridgehead atoms. The van der Waals surface area contributed by atoms with Gasteiger partial charge in [0.15, 0.2) is 5.71 Å². The second kappa shape index (κ2) is 9.36. The summed E-state index contributed by atoms with van der Waals surface area (Å²) in [5.74, 6) is -0.582. The molecule has 2 aromatic carbocycles. The maximum Gasteiger partial charge on any atom is 0.360 e. The minimum Gasteiger partial charge on any atom is -0.464 e. The van der Waals surface area contributed by atoms with Crippen LogP contribution in [0.25, 0.3) is 0 Å². The topological polar surface area (TPSA) is 69.5 Å². The number of carbonyl (C=O) groups is 1. The molecule has 0 N–H and O–H groups in total. The van der Waals surface area contributed by atoms with Crippen LogP contribution in [0.4, 0.5) is 0 Å². The van der Waals surface area contributed by atoms with Crippen LogP contribution in [0.15, 0.2) is 52.8 Å². The molecule has 0 aliphatic carbocycles. The third kappa shape index (κ3) is 4.92. The molecule has 26 heavy (non-hydrogen) atoms. The lowest BCUT2D eigenvalue weighted by Crippen LogP contribution is -2.20. The number of hydrogen-bond acceptors (Lipinski definition) is 6. The van der Waals surface area contributed by atoms with Crippen LogP contribution in [-0.2, 0) is 25.8 Å². The highest BCUT2D eigenvalue weighted by Gasteiger charge is 2.20. The molecule has 2 aromatic rings. The number of ether oxygens (including phenoxy) is 1. The van der Waals surface area contributed by atoms with Crippen LogP contribution in [-0.4, -0.2) is 32.1 Å². The first-order chi connectivity index (χ1) is 12.6. The van der Waals surface area contributed by atoms with Crippen molar-refractivity contribution in [3.8, 4) is 0 Å². The van der Waals surface area contributed by atoms with Gasteiger partial charge < -0.3 is 14.4 Å². The van der Waals surface area contributed by atoms with Gasteiger partial charge in [-0.05, 0) is 25.0 Å². The standard InChI is InChI=1S/C20H22N2O4/c1-14-7-5-9-16(11-14)12-21-26-13-18-15(2)8-6-10-17(18)19(22-25-4)20(23)24-3/h5-12H,13H2,1-4H3/b21-12+,22-19+. The third-order valence-corrected chi connectivity index (χ3v) is 3.75. The second-order valence-electron chi connectivity index (χ2n) is 5.64. The van der Waals surface area contributed by atoms with Gasteiger partial charge in [-0.3, -0.25) is 0 Å². The van der Waals surface area contributed by atoms with E-state index in [-0.39, 0.29) is 12.3 Å². The van der Waals surface area contributed by atoms with E-state index in [1.54, 1.807) is 12.3 Å². The van der Waals surface area contributed by atoms with Crippen LogP contribution in [0.3, 0.4) is 0 Å². The van der Waals surface area contributed by atoms with E-state index in [1.807, 2.05) is 50.2 Å². The SMILES string of the molecule is CO/N=C(/C(=O)OC)c1cccc(C)c1CO/N=C/c1cccc(C)c1. The number of rotatable bonds is 7. The molecule has 0 atom stereocenters. The third-order valence-electron chi connectivity index (χ3n) is 3.75. The summed E-state index contributed by atoms with van der Waals surface area (Å²) < 4.78 is 4.79. The number of aryl methyl sites for hydroxylation is 2. The molecule has 0 aliphatic heterocycles. The van der Waals surface area contributed by atoms with E-state index in [0.29, 0.717) is 5.56 Å². The van der Waals surface area contributed by atoms with Gasteiger partial charge in [0.25, 0.3) is 0 Å². The maximum absolute atomic E-state index is 12.0. The first-order valence-corrected chi connectivity index (χ1v) is 8.07. The van der Waals surface area contributed by atoms with Gasteiger partial charge in [-0.1, -0.05) is 58.3 Å². The number of benzene rings is 2. The van der Waals surface area contributed by atoms with Crippen LogP contribution in [0.2, 0.25) is 0 Å². The van der Waals surface area contributed by atoms with E-state index in [2.05, 4.69) is 10.3 Å². The molecular formula is C20H22N2O4. The van der Waals surface area contributed by atoms with E-state index in [1.165, 1.54) is 14.2 Å². The lowest BCUT2D eigenvalue weighted by Gasteiger charge is -2.12.